The number of halogens is 3. The van der Waals surface area contributed by atoms with Gasteiger partial charge in [0.1, 0.15) is 11.0 Å². The standard InChI is InChI=1S/C25H30F3N5OS/c1-32-14-16-33(17-15-32)13-3-12-29-18-21-9-6-19-4-2-5-23(24(19)30-21)31-35(34)22-10-7-20(8-11-22)25(26,27)28/h2,4-11,29,31H,3,12-18H2,1H3. The Labute approximate surface area is 206 Å². The summed E-state index contributed by atoms with van der Waals surface area (Å²) in [5.41, 5.74) is 1.33. The Hall–Kier alpha value is -2.53. The van der Waals surface area contributed by atoms with E-state index < -0.39 is 22.7 Å². The molecule has 1 atom stereocenters. The topological polar surface area (TPSA) is 60.5 Å². The van der Waals surface area contributed by atoms with Gasteiger partial charge in [0.15, 0.2) is 0 Å². The summed E-state index contributed by atoms with van der Waals surface area (Å²) in [6.45, 7) is 7.07. The average molecular weight is 506 g/mol. The van der Waals surface area contributed by atoms with Crippen molar-refractivity contribution in [1.82, 2.24) is 20.1 Å². The van der Waals surface area contributed by atoms with Gasteiger partial charge in [0.2, 0.25) is 0 Å². The van der Waals surface area contributed by atoms with E-state index in [0.717, 1.165) is 68.9 Å². The molecule has 10 heteroatoms. The van der Waals surface area contributed by atoms with Crippen LogP contribution >= 0.6 is 0 Å². The molecule has 2 heterocycles. The van der Waals surface area contributed by atoms with Crippen LogP contribution in [0.3, 0.4) is 0 Å². The molecule has 3 aromatic rings. The highest BCUT2D eigenvalue weighted by molar-refractivity contribution is 7.86. The monoisotopic (exact) mass is 505 g/mol. The Bertz CT molecular complexity index is 1150. The molecule has 1 saturated heterocycles. The number of nitrogens with one attached hydrogen (secondary N) is 2. The number of benzene rings is 2. The summed E-state index contributed by atoms with van der Waals surface area (Å²) in [6, 6.07) is 13.8. The zero-order chi connectivity index (χ0) is 24.8. The zero-order valence-corrected chi connectivity index (χ0v) is 20.5. The van der Waals surface area contributed by atoms with Crippen LogP contribution in [0.1, 0.15) is 17.7 Å². The van der Waals surface area contributed by atoms with Crippen LogP contribution in [-0.4, -0.2) is 65.3 Å². The van der Waals surface area contributed by atoms with Gasteiger partial charge in [0.25, 0.3) is 0 Å². The lowest BCUT2D eigenvalue weighted by Crippen LogP contribution is -2.45. The highest BCUT2D eigenvalue weighted by Crippen LogP contribution is 2.30. The van der Waals surface area contributed by atoms with Crippen LogP contribution in [-0.2, 0) is 23.7 Å². The van der Waals surface area contributed by atoms with Gasteiger partial charge in [-0.05, 0) is 63.0 Å². The van der Waals surface area contributed by atoms with E-state index in [4.69, 9.17) is 4.98 Å². The second kappa shape index (κ2) is 11.5. The van der Waals surface area contributed by atoms with Gasteiger partial charge in [-0.1, -0.05) is 18.2 Å². The van der Waals surface area contributed by atoms with Crippen LogP contribution in [0.2, 0.25) is 0 Å². The third-order valence-corrected chi connectivity index (χ3v) is 7.21. The maximum Gasteiger partial charge on any atom is 0.416 e. The molecule has 6 nitrogen and oxygen atoms in total. The van der Waals surface area contributed by atoms with Crippen LogP contribution < -0.4 is 10.0 Å². The van der Waals surface area contributed by atoms with Crippen molar-refractivity contribution in [3.05, 3.63) is 65.9 Å². The van der Waals surface area contributed by atoms with E-state index in [1.807, 2.05) is 24.3 Å². The minimum atomic E-state index is -4.43. The Balaban J connectivity index is 1.35. The molecule has 1 aliphatic heterocycles. The largest absolute Gasteiger partial charge is 0.416 e. The van der Waals surface area contributed by atoms with E-state index in [-0.39, 0.29) is 4.90 Å². The first-order valence-corrected chi connectivity index (χ1v) is 12.8. The summed E-state index contributed by atoms with van der Waals surface area (Å²) < 4.78 is 54.1. The fraction of sp³-hybridized carbons (Fsp3) is 0.400. The van der Waals surface area contributed by atoms with E-state index in [1.54, 1.807) is 6.07 Å². The number of pyridine rings is 1. The van der Waals surface area contributed by atoms with Crippen molar-refractivity contribution >= 4 is 27.6 Å². The highest BCUT2D eigenvalue weighted by atomic mass is 32.2. The van der Waals surface area contributed by atoms with Crippen molar-refractivity contribution in [3.63, 3.8) is 0 Å². The molecule has 4 rings (SSSR count). The normalized spacial score (nSPS) is 16.5. The number of rotatable bonds is 9. The minimum Gasteiger partial charge on any atom is -0.311 e. The molecule has 1 aliphatic rings. The van der Waals surface area contributed by atoms with Gasteiger partial charge in [-0.2, -0.15) is 13.2 Å². The first-order valence-electron chi connectivity index (χ1n) is 11.7. The Morgan fingerprint density at radius 2 is 1.74 bits per heavy atom. The Morgan fingerprint density at radius 3 is 2.46 bits per heavy atom. The van der Waals surface area contributed by atoms with E-state index >= 15 is 0 Å². The van der Waals surface area contributed by atoms with E-state index in [2.05, 4.69) is 26.9 Å². The SMILES string of the molecule is CN1CCN(CCCNCc2ccc3cccc(NS(=O)c4ccc(C(F)(F)F)cc4)c3n2)CC1. The molecule has 0 amide bonds. The van der Waals surface area contributed by atoms with Crippen LogP contribution in [0.4, 0.5) is 18.9 Å². The van der Waals surface area contributed by atoms with Gasteiger partial charge in [0, 0.05) is 38.1 Å². The number of hydrogen-bond acceptors (Lipinski definition) is 5. The maximum absolute atomic E-state index is 12.8. The molecule has 1 fully saturated rings. The molecule has 0 bridgehead atoms. The molecule has 2 N–H and O–H groups in total. The summed E-state index contributed by atoms with van der Waals surface area (Å²) in [5, 5.41) is 4.33. The molecule has 0 radical (unpaired) electrons. The molecule has 0 aliphatic carbocycles. The lowest BCUT2D eigenvalue weighted by atomic mass is 10.2. The summed E-state index contributed by atoms with van der Waals surface area (Å²) in [4.78, 5) is 9.84. The quantitative estimate of drug-likeness (QED) is 0.429. The second-order valence-electron chi connectivity index (χ2n) is 8.75. The molecule has 2 aromatic carbocycles. The van der Waals surface area contributed by atoms with Crippen molar-refractivity contribution in [3.8, 4) is 0 Å². The number of aromatic nitrogens is 1. The molecule has 0 saturated carbocycles. The van der Waals surface area contributed by atoms with E-state index in [0.29, 0.717) is 17.7 Å². The summed E-state index contributed by atoms with van der Waals surface area (Å²) >= 11 is 0. The fourth-order valence-electron chi connectivity index (χ4n) is 4.01. The van der Waals surface area contributed by atoms with Crippen molar-refractivity contribution in [2.75, 3.05) is 51.0 Å². The van der Waals surface area contributed by atoms with Gasteiger partial charge < -0.3 is 15.1 Å². The van der Waals surface area contributed by atoms with Crippen molar-refractivity contribution in [2.24, 2.45) is 0 Å². The summed E-state index contributed by atoms with van der Waals surface area (Å²) in [6.07, 6.45) is -3.36. The van der Waals surface area contributed by atoms with Gasteiger partial charge in [-0.15, -0.1) is 0 Å². The number of alkyl halides is 3. The lowest BCUT2D eigenvalue weighted by molar-refractivity contribution is -0.137. The molecule has 1 aromatic heterocycles. The molecule has 188 valence electrons. The minimum absolute atomic E-state index is 0.258. The van der Waals surface area contributed by atoms with Crippen molar-refractivity contribution in [2.45, 2.75) is 24.0 Å². The molecule has 0 spiro atoms. The van der Waals surface area contributed by atoms with Crippen LogP contribution in [0.15, 0.2) is 59.5 Å². The smallest absolute Gasteiger partial charge is 0.311 e. The Kier molecular flexibility index (Phi) is 8.38. The first-order chi connectivity index (χ1) is 16.8. The summed E-state index contributed by atoms with van der Waals surface area (Å²) in [5.74, 6) is 0. The van der Waals surface area contributed by atoms with E-state index in [1.165, 1.54) is 12.1 Å². The van der Waals surface area contributed by atoms with Gasteiger partial charge in [-0.3, -0.25) is 4.72 Å². The first kappa shape index (κ1) is 25.6. The summed E-state index contributed by atoms with van der Waals surface area (Å²) in [7, 11) is 0.430. The predicted octanol–water partition coefficient (Wildman–Crippen LogP) is 4.12. The number of hydrogen-bond donors (Lipinski definition) is 2. The van der Waals surface area contributed by atoms with Crippen molar-refractivity contribution < 1.29 is 17.4 Å². The lowest BCUT2D eigenvalue weighted by Gasteiger charge is -2.32. The fourth-order valence-corrected chi connectivity index (χ4v) is 4.88. The van der Waals surface area contributed by atoms with Crippen molar-refractivity contribution in [1.29, 1.82) is 0 Å². The van der Waals surface area contributed by atoms with E-state index in [9.17, 15) is 17.4 Å². The third-order valence-electron chi connectivity index (χ3n) is 6.11. The zero-order valence-electron chi connectivity index (χ0n) is 19.6. The molecule has 1 unspecified atom stereocenters. The van der Waals surface area contributed by atoms with Crippen LogP contribution in [0.5, 0.6) is 0 Å². The number of para-hydroxylation sites is 1. The molecular weight excluding hydrogens is 475 g/mol. The van der Waals surface area contributed by atoms with Crippen LogP contribution in [0.25, 0.3) is 10.9 Å². The Morgan fingerprint density at radius 1 is 1.00 bits per heavy atom. The molecular formula is C25H30F3N5OS. The van der Waals surface area contributed by atoms with Gasteiger partial charge >= 0.3 is 6.18 Å². The van der Waals surface area contributed by atoms with Gasteiger partial charge in [-0.25, -0.2) is 9.19 Å². The second-order valence-corrected chi connectivity index (χ2v) is 9.96. The third kappa shape index (κ3) is 7.00. The number of anilines is 1. The number of piperazine rings is 1. The number of nitrogens with zero attached hydrogens (tertiary/aromatic N) is 3. The van der Waals surface area contributed by atoms with Crippen LogP contribution in [0, 0.1) is 0 Å². The number of fused-ring (bicyclic) bond motifs is 1. The highest BCUT2D eigenvalue weighted by Gasteiger charge is 2.30. The maximum atomic E-state index is 12.8. The number of likely N-dealkylation sites (N-methyl/N-ethyl adjacent to an activating group) is 1. The average Bonchev–Trinajstić information content (AvgIpc) is 2.85. The molecule has 35 heavy (non-hydrogen) atoms. The predicted molar refractivity (Wildman–Crippen MR) is 133 cm³/mol. The van der Waals surface area contributed by atoms with Gasteiger partial charge in [0.05, 0.1) is 27.4 Å².